The molecule has 90 valence electrons. The number of carbonyl (C=O) groups is 1. The molecule has 0 aliphatic heterocycles. The molecule has 0 aliphatic rings. The third-order valence-corrected chi connectivity index (χ3v) is 2.94. The van der Waals surface area contributed by atoms with Gasteiger partial charge in [-0.2, -0.15) is 0 Å². The first kappa shape index (κ1) is 13.1. The van der Waals surface area contributed by atoms with Gasteiger partial charge < -0.3 is 10.1 Å². The van der Waals surface area contributed by atoms with Gasteiger partial charge in [0.25, 0.3) is 0 Å². The maximum absolute atomic E-state index is 10.9. The number of hydrogen-bond acceptors (Lipinski definition) is 5. The molecule has 1 heterocycles. The summed E-state index contributed by atoms with van der Waals surface area (Å²) in [7, 11) is 1.38. The van der Waals surface area contributed by atoms with Gasteiger partial charge in [0.1, 0.15) is 5.01 Å². The first-order valence-corrected chi connectivity index (χ1v) is 6.04. The van der Waals surface area contributed by atoms with Crippen LogP contribution in [0.5, 0.6) is 0 Å². The second-order valence-electron chi connectivity index (χ2n) is 4.56. The van der Waals surface area contributed by atoms with Crippen molar-refractivity contribution in [2.45, 2.75) is 32.7 Å². The first-order chi connectivity index (χ1) is 7.43. The quantitative estimate of drug-likeness (QED) is 0.817. The summed E-state index contributed by atoms with van der Waals surface area (Å²) >= 11 is 1.61. The molecule has 0 saturated heterocycles. The molecule has 1 aromatic rings. The van der Waals surface area contributed by atoms with E-state index in [1.165, 1.54) is 7.11 Å². The number of aromatic nitrogens is 1. The number of methoxy groups -OCH3 is 1. The second-order valence-corrected chi connectivity index (χ2v) is 5.50. The Morgan fingerprint density at radius 3 is 2.75 bits per heavy atom. The number of ether oxygens (including phenoxy) is 1. The van der Waals surface area contributed by atoms with Crippen LogP contribution in [-0.4, -0.2) is 24.6 Å². The largest absolute Gasteiger partial charge is 0.468 e. The Labute approximate surface area is 100 Å². The van der Waals surface area contributed by atoms with E-state index in [0.29, 0.717) is 6.54 Å². The van der Waals surface area contributed by atoms with Crippen LogP contribution in [0, 0.1) is 0 Å². The Hall–Kier alpha value is -0.940. The van der Waals surface area contributed by atoms with Crippen LogP contribution in [-0.2, 0) is 21.5 Å². The van der Waals surface area contributed by atoms with Crippen molar-refractivity contribution in [1.82, 2.24) is 10.3 Å². The number of esters is 1. The summed E-state index contributed by atoms with van der Waals surface area (Å²) in [6, 6.07) is 0. The van der Waals surface area contributed by atoms with E-state index >= 15 is 0 Å². The zero-order valence-corrected chi connectivity index (χ0v) is 11.0. The van der Waals surface area contributed by atoms with Crippen molar-refractivity contribution in [1.29, 1.82) is 0 Å². The van der Waals surface area contributed by atoms with Crippen molar-refractivity contribution in [3.05, 3.63) is 16.1 Å². The van der Waals surface area contributed by atoms with Crippen molar-refractivity contribution < 1.29 is 9.53 Å². The lowest BCUT2D eigenvalue weighted by Gasteiger charge is -2.14. The van der Waals surface area contributed by atoms with E-state index in [2.05, 4.69) is 41.2 Å². The van der Waals surface area contributed by atoms with E-state index in [0.717, 1.165) is 10.7 Å². The highest BCUT2D eigenvalue weighted by molar-refractivity contribution is 7.09. The summed E-state index contributed by atoms with van der Waals surface area (Å²) in [6.45, 7) is 7.23. The lowest BCUT2D eigenvalue weighted by molar-refractivity contribution is -0.139. The van der Waals surface area contributed by atoms with Crippen LogP contribution >= 0.6 is 11.3 Å². The summed E-state index contributed by atoms with van der Waals surface area (Å²) in [5.74, 6) is -0.257. The maximum Gasteiger partial charge on any atom is 0.319 e. The molecule has 1 aromatic heterocycles. The smallest absolute Gasteiger partial charge is 0.319 e. The van der Waals surface area contributed by atoms with Crippen molar-refractivity contribution in [2.75, 3.05) is 13.7 Å². The summed E-state index contributed by atoms with van der Waals surface area (Å²) < 4.78 is 4.53. The Morgan fingerprint density at radius 2 is 2.25 bits per heavy atom. The van der Waals surface area contributed by atoms with Crippen LogP contribution in [0.15, 0.2) is 5.38 Å². The van der Waals surface area contributed by atoms with E-state index in [1.54, 1.807) is 11.3 Å². The Bertz CT molecular complexity index is 355. The molecular formula is C11H18N2O2S. The molecule has 0 radical (unpaired) electrons. The summed E-state index contributed by atoms with van der Waals surface area (Å²) in [5, 5.41) is 6.05. The number of nitrogens with one attached hydrogen (secondary N) is 1. The van der Waals surface area contributed by atoms with E-state index in [-0.39, 0.29) is 17.9 Å². The topological polar surface area (TPSA) is 51.2 Å². The molecule has 1 N–H and O–H groups in total. The summed E-state index contributed by atoms with van der Waals surface area (Å²) in [4.78, 5) is 15.4. The molecule has 0 aliphatic carbocycles. The fraction of sp³-hybridized carbons (Fsp3) is 0.636. The highest BCUT2D eigenvalue weighted by Gasteiger charge is 2.17. The molecule has 0 spiro atoms. The number of carbonyl (C=O) groups excluding carboxylic acids is 1. The average molecular weight is 242 g/mol. The van der Waals surface area contributed by atoms with Crippen molar-refractivity contribution >= 4 is 17.3 Å². The Morgan fingerprint density at radius 1 is 1.56 bits per heavy atom. The number of thiazole rings is 1. The fourth-order valence-corrected chi connectivity index (χ4v) is 2.07. The zero-order valence-electron chi connectivity index (χ0n) is 10.2. The minimum absolute atomic E-state index is 0.0805. The van der Waals surface area contributed by atoms with Crippen molar-refractivity contribution in [3.63, 3.8) is 0 Å². The normalized spacial score (nSPS) is 11.5. The molecule has 0 saturated carbocycles. The third-order valence-electron chi connectivity index (χ3n) is 2.09. The van der Waals surface area contributed by atoms with Gasteiger partial charge in [-0.1, -0.05) is 20.8 Å². The van der Waals surface area contributed by atoms with Gasteiger partial charge in [0.2, 0.25) is 0 Å². The van der Waals surface area contributed by atoms with E-state index in [1.807, 2.05) is 0 Å². The SMILES string of the molecule is COC(=O)CNCc1nc(C(C)(C)C)cs1. The Kier molecular flexibility index (Phi) is 4.44. The molecule has 5 heteroatoms. The zero-order chi connectivity index (χ0) is 12.2. The van der Waals surface area contributed by atoms with Gasteiger partial charge in [0, 0.05) is 17.3 Å². The summed E-state index contributed by atoms with van der Waals surface area (Å²) in [5.41, 5.74) is 1.17. The molecule has 0 amide bonds. The maximum atomic E-state index is 10.9. The van der Waals surface area contributed by atoms with Crippen molar-refractivity contribution in [3.8, 4) is 0 Å². The Balaban J connectivity index is 2.44. The monoisotopic (exact) mass is 242 g/mol. The van der Waals surface area contributed by atoms with Gasteiger partial charge in [-0.05, 0) is 0 Å². The van der Waals surface area contributed by atoms with E-state index in [4.69, 9.17) is 0 Å². The number of hydrogen-bond donors (Lipinski definition) is 1. The highest BCUT2D eigenvalue weighted by Crippen LogP contribution is 2.23. The molecular weight excluding hydrogens is 224 g/mol. The first-order valence-electron chi connectivity index (χ1n) is 5.16. The molecule has 0 fully saturated rings. The van der Waals surface area contributed by atoms with Crippen LogP contribution in [0.4, 0.5) is 0 Å². The van der Waals surface area contributed by atoms with Gasteiger partial charge in [-0.25, -0.2) is 4.98 Å². The van der Waals surface area contributed by atoms with Crippen molar-refractivity contribution in [2.24, 2.45) is 0 Å². The van der Waals surface area contributed by atoms with Gasteiger partial charge in [-0.15, -0.1) is 11.3 Å². The highest BCUT2D eigenvalue weighted by atomic mass is 32.1. The predicted octanol–water partition coefficient (Wildman–Crippen LogP) is 1.70. The van der Waals surface area contributed by atoms with Crippen LogP contribution in [0.1, 0.15) is 31.5 Å². The van der Waals surface area contributed by atoms with Gasteiger partial charge in [0.05, 0.1) is 19.3 Å². The number of rotatable bonds is 4. The molecule has 1 rings (SSSR count). The van der Waals surface area contributed by atoms with Gasteiger partial charge >= 0.3 is 5.97 Å². The molecule has 0 aromatic carbocycles. The minimum atomic E-state index is -0.257. The van der Waals surface area contributed by atoms with Crippen LogP contribution < -0.4 is 5.32 Å². The lowest BCUT2D eigenvalue weighted by Crippen LogP contribution is -2.23. The van der Waals surface area contributed by atoms with Crippen LogP contribution in [0.25, 0.3) is 0 Å². The lowest BCUT2D eigenvalue weighted by atomic mass is 9.93. The molecule has 4 nitrogen and oxygen atoms in total. The minimum Gasteiger partial charge on any atom is -0.468 e. The van der Waals surface area contributed by atoms with Crippen LogP contribution in [0.2, 0.25) is 0 Å². The summed E-state index contributed by atoms with van der Waals surface area (Å²) in [6.07, 6.45) is 0. The van der Waals surface area contributed by atoms with Gasteiger partial charge in [-0.3, -0.25) is 4.79 Å². The molecule has 16 heavy (non-hydrogen) atoms. The fourth-order valence-electron chi connectivity index (χ4n) is 1.08. The van der Waals surface area contributed by atoms with E-state index in [9.17, 15) is 4.79 Å². The van der Waals surface area contributed by atoms with Gasteiger partial charge in [0.15, 0.2) is 0 Å². The third kappa shape index (κ3) is 3.90. The molecule has 0 unspecified atom stereocenters. The van der Waals surface area contributed by atoms with E-state index < -0.39 is 0 Å². The number of nitrogens with zero attached hydrogens (tertiary/aromatic N) is 1. The van der Waals surface area contributed by atoms with Crippen LogP contribution in [0.3, 0.4) is 0 Å². The average Bonchev–Trinajstić information content (AvgIpc) is 2.65. The predicted molar refractivity (Wildman–Crippen MR) is 64.5 cm³/mol. The standard InChI is InChI=1S/C11H18N2O2S/c1-11(2,3)8-7-16-9(13-8)5-12-6-10(14)15-4/h7,12H,5-6H2,1-4H3. The molecule has 0 bridgehead atoms. The second kappa shape index (κ2) is 5.41. The molecule has 0 atom stereocenters.